The minimum Gasteiger partial charge on any atom is -0.347 e. The van der Waals surface area contributed by atoms with Gasteiger partial charge in [0.2, 0.25) is 5.91 Å². The van der Waals surface area contributed by atoms with E-state index in [1.165, 1.54) is 22.2 Å². The van der Waals surface area contributed by atoms with Gasteiger partial charge in [-0.15, -0.1) is 0 Å². The van der Waals surface area contributed by atoms with Crippen LogP contribution in [0, 0.1) is 11.3 Å². The molecular formula is C30H29N3O2S. The van der Waals surface area contributed by atoms with Crippen LogP contribution in [0.15, 0.2) is 95.5 Å². The van der Waals surface area contributed by atoms with Crippen molar-refractivity contribution in [2.45, 2.75) is 44.4 Å². The average molecular weight is 496 g/mol. The first-order chi connectivity index (χ1) is 17.6. The van der Waals surface area contributed by atoms with Gasteiger partial charge >= 0.3 is 0 Å². The van der Waals surface area contributed by atoms with E-state index in [9.17, 15) is 14.9 Å². The largest absolute Gasteiger partial charge is 0.347 e. The number of aryl methyl sites for hydroxylation is 1. The smallest absolute Gasteiger partial charge is 0.264 e. The van der Waals surface area contributed by atoms with Gasteiger partial charge in [-0.25, -0.2) is 0 Å². The fraction of sp³-hybridized carbons (Fsp3) is 0.233. The molecule has 1 aliphatic heterocycles. The molecule has 0 bridgehead atoms. The monoisotopic (exact) mass is 495 g/mol. The second kappa shape index (κ2) is 12.2. The van der Waals surface area contributed by atoms with Crippen molar-refractivity contribution in [2.24, 2.45) is 0 Å². The van der Waals surface area contributed by atoms with Crippen LogP contribution in [0.1, 0.15) is 36.5 Å². The van der Waals surface area contributed by atoms with Crippen molar-refractivity contribution in [3.05, 3.63) is 112 Å². The second-order valence-corrected chi connectivity index (χ2v) is 9.89. The van der Waals surface area contributed by atoms with E-state index in [0.29, 0.717) is 23.7 Å². The molecule has 0 aliphatic carbocycles. The molecular weight excluding hydrogens is 466 g/mol. The molecule has 1 fully saturated rings. The zero-order chi connectivity index (χ0) is 25.3. The number of hydrogen-bond acceptors (Lipinski definition) is 4. The van der Waals surface area contributed by atoms with E-state index in [4.69, 9.17) is 0 Å². The molecule has 0 radical (unpaired) electrons. The van der Waals surface area contributed by atoms with Gasteiger partial charge in [0.25, 0.3) is 5.91 Å². The molecule has 3 aromatic rings. The molecule has 182 valence electrons. The topological polar surface area (TPSA) is 73.2 Å². The third-order valence-corrected chi connectivity index (χ3v) is 7.34. The van der Waals surface area contributed by atoms with Crippen LogP contribution in [0.4, 0.5) is 5.69 Å². The SMILES string of the molecule is CCCCc1ccc(CC2SC(=C(C#N)C(=O)NCc3ccccc3)N(c3ccccc3)C2=O)cc1. The Morgan fingerprint density at radius 3 is 2.22 bits per heavy atom. The number of benzene rings is 3. The number of amides is 2. The van der Waals surface area contributed by atoms with Crippen molar-refractivity contribution in [3.63, 3.8) is 0 Å². The molecule has 1 atom stereocenters. The first-order valence-electron chi connectivity index (χ1n) is 12.2. The molecule has 6 heteroatoms. The van der Waals surface area contributed by atoms with Gasteiger partial charge in [-0.1, -0.05) is 97.9 Å². The molecule has 2 amide bonds. The van der Waals surface area contributed by atoms with Crippen LogP contribution in [-0.4, -0.2) is 17.1 Å². The van der Waals surface area contributed by atoms with Gasteiger partial charge in [-0.05, 0) is 48.1 Å². The molecule has 4 rings (SSSR count). The molecule has 1 unspecified atom stereocenters. The molecule has 3 aromatic carbocycles. The lowest BCUT2D eigenvalue weighted by molar-refractivity contribution is -0.117. The first kappa shape index (κ1) is 25.3. The normalized spacial score (nSPS) is 16.5. The Labute approximate surface area is 216 Å². The third kappa shape index (κ3) is 6.05. The molecule has 1 heterocycles. The quantitative estimate of drug-likeness (QED) is 0.302. The molecule has 1 N–H and O–H groups in total. The highest BCUT2D eigenvalue weighted by molar-refractivity contribution is 8.05. The van der Waals surface area contributed by atoms with Gasteiger partial charge in [-0.3, -0.25) is 14.5 Å². The van der Waals surface area contributed by atoms with Crippen molar-refractivity contribution >= 4 is 29.3 Å². The Kier molecular flexibility index (Phi) is 8.59. The number of nitrogens with zero attached hydrogens (tertiary/aromatic N) is 2. The highest BCUT2D eigenvalue weighted by Crippen LogP contribution is 2.41. The number of carbonyl (C=O) groups excluding carboxylic acids is 2. The van der Waals surface area contributed by atoms with Gasteiger partial charge in [0.1, 0.15) is 16.7 Å². The second-order valence-electron chi connectivity index (χ2n) is 8.70. The molecule has 1 aliphatic rings. The minimum absolute atomic E-state index is 0.0504. The zero-order valence-electron chi connectivity index (χ0n) is 20.3. The van der Waals surface area contributed by atoms with Crippen molar-refractivity contribution < 1.29 is 9.59 Å². The predicted octanol–water partition coefficient (Wildman–Crippen LogP) is 5.77. The molecule has 0 spiro atoms. The maximum atomic E-state index is 13.6. The van der Waals surface area contributed by atoms with Gasteiger partial charge < -0.3 is 5.32 Å². The molecule has 0 saturated carbocycles. The fourth-order valence-electron chi connectivity index (χ4n) is 4.10. The van der Waals surface area contributed by atoms with E-state index in [1.54, 1.807) is 0 Å². The summed E-state index contributed by atoms with van der Waals surface area (Å²) in [5.41, 5.74) is 3.88. The van der Waals surface area contributed by atoms with E-state index >= 15 is 0 Å². The summed E-state index contributed by atoms with van der Waals surface area (Å²) in [5, 5.41) is 12.7. The van der Waals surface area contributed by atoms with Crippen LogP contribution in [-0.2, 0) is 29.0 Å². The van der Waals surface area contributed by atoms with Crippen molar-refractivity contribution in [1.82, 2.24) is 5.32 Å². The number of hydrogen-bond donors (Lipinski definition) is 1. The third-order valence-electron chi connectivity index (χ3n) is 6.08. The molecule has 36 heavy (non-hydrogen) atoms. The highest BCUT2D eigenvalue weighted by Gasteiger charge is 2.40. The summed E-state index contributed by atoms with van der Waals surface area (Å²) in [5.74, 6) is -0.613. The Hall–Kier alpha value is -3.82. The zero-order valence-corrected chi connectivity index (χ0v) is 21.1. The lowest BCUT2D eigenvalue weighted by Gasteiger charge is -2.18. The fourth-order valence-corrected chi connectivity index (χ4v) is 5.41. The Morgan fingerprint density at radius 1 is 0.944 bits per heavy atom. The van der Waals surface area contributed by atoms with Crippen LogP contribution in [0.3, 0.4) is 0 Å². The Balaban J connectivity index is 1.59. The van der Waals surface area contributed by atoms with E-state index in [2.05, 4.69) is 42.6 Å². The summed E-state index contributed by atoms with van der Waals surface area (Å²) < 4.78 is 0. The number of para-hydroxylation sites is 1. The first-order valence-corrected chi connectivity index (χ1v) is 13.1. The summed E-state index contributed by atoms with van der Waals surface area (Å²) in [4.78, 5) is 28.2. The molecule has 5 nitrogen and oxygen atoms in total. The number of nitrogens with one attached hydrogen (secondary N) is 1. The van der Waals surface area contributed by atoms with Crippen LogP contribution in [0.5, 0.6) is 0 Å². The van der Waals surface area contributed by atoms with E-state index in [0.717, 1.165) is 30.4 Å². The summed E-state index contributed by atoms with van der Waals surface area (Å²) in [6, 6.07) is 29.2. The number of rotatable bonds is 9. The summed E-state index contributed by atoms with van der Waals surface area (Å²) in [7, 11) is 0. The van der Waals surface area contributed by atoms with Crippen LogP contribution in [0.25, 0.3) is 0 Å². The number of nitriles is 1. The highest BCUT2D eigenvalue weighted by atomic mass is 32.2. The van der Waals surface area contributed by atoms with Crippen LogP contribution >= 0.6 is 11.8 Å². The van der Waals surface area contributed by atoms with Gasteiger partial charge in [0.15, 0.2) is 0 Å². The standard InChI is InChI=1S/C30H29N3O2S/c1-2-3-10-22-15-17-23(18-16-22)19-27-29(35)33(25-13-8-5-9-14-25)30(36-27)26(20-31)28(34)32-21-24-11-6-4-7-12-24/h4-9,11-18,27H,2-3,10,19,21H2,1H3,(H,32,34). The number of anilines is 1. The average Bonchev–Trinajstić information content (AvgIpc) is 3.23. The van der Waals surface area contributed by atoms with E-state index < -0.39 is 11.2 Å². The van der Waals surface area contributed by atoms with E-state index in [-0.39, 0.29) is 11.5 Å². The van der Waals surface area contributed by atoms with Crippen molar-refractivity contribution in [1.29, 1.82) is 5.26 Å². The van der Waals surface area contributed by atoms with Crippen molar-refractivity contribution in [2.75, 3.05) is 4.90 Å². The summed E-state index contributed by atoms with van der Waals surface area (Å²) >= 11 is 1.29. The maximum absolute atomic E-state index is 13.6. The minimum atomic E-state index is -0.487. The van der Waals surface area contributed by atoms with Crippen LogP contribution < -0.4 is 10.2 Å². The van der Waals surface area contributed by atoms with Gasteiger partial charge in [0, 0.05) is 12.2 Å². The maximum Gasteiger partial charge on any atom is 0.264 e. The van der Waals surface area contributed by atoms with E-state index in [1.807, 2.05) is 60.7 Å². The molecule has 1 saturated heterocycles. The number of carbonyl (C=O) groups is 2. The Morgan fingerprint density at radius 2 is 1.58 bits per heavy atom. The molecule has 0 aromatic heterocycles. The summed E-state index contributed by atoms with van der Waals surface area (Å²) in [6.45, 7) is 2.48. The number of thioether (sulfide) groups is 1. The lowest BCUT2D eigenvalue weighted by Crippen LogP contribution is -2.32. The van der Waals surface area contributed by atoms with Gasteiger partial charge in [0.05, 0.1) is 5.25 Å². The van der Waals surface area contributed by atoms with Crippen molar-refractivity contribution in [3.8, 4) is 6.07 Å². The lowest BCUT2D eigenvalue weighted by atomic mass is 10.0. The van der Waals surface area contributed by atoms with Gasteiger partial charge in [-0.2, -0.15) is 5.26 Å². The van der Waals surface area contributed by atoms with Crippen LogP contribution in [0.2, 0.25) is 0 Å². The number of unbranched alkanes of at least 4 members (excludes halogenated alkanes) is 1. The summed E-state index contributed by atoms with van der Waals surface area (Å²) in [6.07, 6.45) is 3.88. The predicted molar refractivity (Wildman–Crippen MR) is 145 cm³/mol. The Bertz CT molecular complexity index is 1270.